The second-order valence-corrected chi connectivity index (χ2v) is 7.58. The standard InChI is InChI=1S/C27H21N3O4/c31-26(29-23-12-7-13-24(18-23)30(33)34)21-14-16-22(17-15-21)28-27(32)25(19-8-3-1-4-9-19)20-10-5-2-6-11-20/h1-18,25H,(H,28,32)(H,29,31). The Hall–Kier alpha value is -4.78. The van der Waals surface area contributed by atoms with E-state index in [1.807, 2.05) is 60.7 Å². The number of nitrogens with zero attached hydrogens (tertiary/aromatic N) is 1. The molecule has 0 atom stereocenters. The Morgan fingerprint density at radius 1 is 0.676 bits per heavy atom. The summed E-state index contributed by atoms with van der Waals surface area (Å²) < 4.78 is 0. The van der Waals surface area contributed by atoms with Crippen molar-refractivity contribution in [2.24, 2.45) is 0 Å². The van der Waals surface area contributed by atoms with Gasteiger partial charge in [0.1, 0.15) is 0 Å². The van der Waals surface area contributed by atoms with E-state index in [0.717, 1.165) is 11.1 Å². The summed E-state index contributed by atoms with van der Waals surface area (Å²) in [7, 11) is 0. The number of amides is 2. The third kappa shape index (κ3) is 5.34. The van der Waals surface area contributed by atoms with E-state index >= 15 is 0 Å². The fraction of sp³-hybridized carbons (Fsp3) is 0.0370. The summed E-state index contributed by atoms with van der Waals surface area (Å²) in [6.07, 6.45) is 0. The van der Waals surface area contributed by atoms with Crippen molar-refractivity contribution in [2.75, 3.05) is 10.6 Å². The molecule has 2 amide bonds. The molecule has 0 fully saturated rings. The molecular weight excluding hydrogens is 430 g/mol. The average Bonchev–Trinajstić information content (AvgIpc) is 2.86. The molecule has 168 valence electrons. The molecule has 0 aromatic heterocycles. The molecular formula is C27H21N3O4. The third-order valence-corrected chi connectivity index (χ3v) is 5.26. The van der Waals surface area contributed by atoms with E-state index in [9.17, 15) is 19.7 Å². The summed E-state index contributed by atoms with van der Waals surface area (Å²) in [5.74, 6) is -1.09. The van der Waals surface area contributed by atoms with E-state index in [1.165, 1.54) is 18.2 Å². The van der Waals surface area contributed by atoms with Gasteiger partial charge in [0, 0.05) is 29.1 Å². The third-order valence-electron chi connectivity index (χ3n) is 5.26. The van der Waals surface area contributed by atoms with Gasteiger partial charge in [-0.05, 0) is 41.5 Å². The molecule has 4 rings (SSSR count). The largest absolute Gasteiger partial charge is 0.325 e. The second kappa shape index (κ2) is 10.2. The number of nitro groups is 1. The van der Waals surface area contributed by atoms with E-state index in [1.54, 1.807) is 30.3 Å². The normalized spacial score (nSPS) is 10.5. The van der Waals surface area contributed by atoms with Crippen LogP contribution in [0.15, 0.2) is 109 Å². The first-order chi connectivity index (χ1) is 16.5. The van der Waals surface area contributed by atoms with E-state index < -0.39 is 16.7 Å². The first-order valence-electron chi connectivity index (χ1n) is 10.6. The molecule has 4 aromatic rings. The summed E-state index contributed by atoms with van der Waals surface area (Å²) in [6, 6.07) is 31.2. The van der Waals surface area contributed by atoms with Gasteiger partial charge in [-0.3, -0.25) is 19.7 Å². The van der Waals surface area contributed by atoms with Crippen molar-refractivity contribution in [3.05, 3.63) is 136 Å². The summed E-state index contributed by atoms with van der Waals surface area (Å²) in [6.45, 7) is 0. The highest BCUT2D eigenvalue weighted by Gasteiger charge is 2.22. The molecule has 34 heavy (non-hydrogen) atoms. The monoisotopic (exact) mass is 451 g/mol. The number of rotatable bonds is 7. The van der Waals surface area contributed by atoms with Crippen LogP contribution in [0.1, 0.15) is 27.4 Å². The van der Waals surface area contributed by atoms with Gasteiger partial charge < -0.3 is 10.6 Å². The second-order valence-electron chi connectivity index (χ2n) is 7.58. The van der Waals surface area contributed by atoms with Crippen LogP contribution in [0.3, 0.4) is 0 Å². The number of non-ortho nitro benzene ring substituents is 1. The SMILES string of the molecule is O=C(Nc1cccc([N+](=O)[O-])c1)c1ccc(NC(=O)C(c2ccccc2)c2ccccc2)cc1. The van der Waals surface area contributed by atoms with Gasteiger partial charge >= 0.3 is 0 Å². The lowest BCUT2D eigenvalue weighted by Gasteiger charge is -2.18. The van der Waals surface area contributed by atoms with Crippen molar-refractivity contribution in [1.82, 2.24) is 0 Å². The van der Waals surface area contributed by atoms with Crippen molar-refractivity contribution in [3.63, 3.8) is 0 Å². The molecule has 0 heterocycles. The van der Waals surface area contributed by atoms with Crippen molar-refractivity contribution in [3.8, 4) is 0 Å². The van der Waals surface area contributed by atoms with Gasteiger partial charge in [-0.2, -0.15) is 0 Å². The first-order valence-corrected chi connectivity index (χ1v) is 10.6. The lowest BCUT2D eigenvalue weighted by Crippen LogP contribution is -2.22. The van der Waals surface area contributed by atoms with E-state index in [4.69, 9.17) is 0 Å². The van der Waals surface area contributed by atoms with Crippen LogP contribution in [-0.2, 0) is 4.79 Å². The van der Waals surface area contributed by atoms with Gasteiger partial charge in [0.15, 0.2) is 0 Å². The van der Waals surface area contributed by atoms with E-state index in [-0.39, 0.29) is 11.6 Å². The maximum Gasteiger partial charge on any atom is 0.271 e. The van der Waals surface area contributed by atoms with Crippen LogP contribution < -0.4 is 10.6 Å². The number of hydrogen-bond acceptors (Lipinski definition) is 4. The molecule has 4 aromatic carbocycles. The van der Waals surface area contributed by atoms with E-state index in [2.05, 4.69) is 10.6 Å². The number of benzene rings is 4. The molecule has 0 radical (unpaired) electrons. The Morgan fingerprint density at radius 3 is 1.82 bits per heavy atom. The number of nitrogens with one attached hydrogen (secondary N) is 2. The fourth-order valence-corrected chi connectivity index (χ4v) is 3.61. The maximum absolute atomic E-state index is 13.2. The van der Waals surface area contributed by atoms with Crippen molar-refractivity contribution in [2.45, 2.75) is 5.92 Å². The Kier molecular flexibility index (Phi) is 6.74. The first kappa shape index (κ1) is 22.4. The zero-order chi connectivity index (χ0) is 23.9. The van der Waals surface area contributed by atoms with Crippen LogP contribution in [-0.4, -0.2) is 16.7 Å². The van der Waals surface area contributed by atoms with Gasteiger partial charge in [0.05, 0.1) is 10.8 Å². The summed E-state index contributed by atoms with van der Waals surface area (Å²) in [5.41, 5.74) is 2.87. The zero-order valence-electron chi connectivity index (χ0n) is 18.0. The molecule has 0 saturated carbocycles. The van der Waals surface area contributed by atoms with Gasteiger partial charge in [-0.15, -0.1) is 0 Å². The quantitative estimate of drug-likeness (QED) is 0.281. The number of carbonyl (C=O) groups excluding carboxylic acids is 2. The van der Waals surface area contributed by atoms with E-state index in [0.29, 0.717) is 16.9 Å². The molecule has 0 bridgehead atoms. The van der Waals surface area contributed by atoms with Crippen molar-refractivity contribution < 1.29 is 14.5 Å². The average molecular weight is 451 g/mol. The molecule has 0 aliphatic heterocycles. The maximum atomic E-state index is 13.2. The number of hydrogen-bond donors (Lipinski definition) is 2. The predicted molar refractivity (Wildman–Crippen MR) is 131 cm³/mol. The van der Waals surface area contributed by atoms with Crippen molar-refractivity contribution in [1.29, 1.82) is 0 Å². The molecule has 2 N–H and O–H groups in total. The van der Waals surface area contributed by atoms with Gasteiger partial charge in [-0.1, -0.05) is 66.7 Å². The van der Waals surface area contributed by atoms with Crippen LogP contribution in [0, 0.1) is 10.1 Å². The fourth-order valence-electron chi connectivity index (χ4n) is 3.61. The number of nitro benzene ring substituents is 1. The van der Waals surface area contributed by atoms with Crippen LogP contribution >= 0.6 is 0 Å². The predicted octanol–water partition coefficient (Wildman–Crippen LogP) is 5.62. The highest BCUT2D eigenvalue weighted by atomic mass is 16.6. The lowest BCUT2D eigenvalue weighted by atomic mass is 9.90. The summed E-state index contributed by atoms with van der Waals surface area (Å²) >= 11 is 0. The molecule has 0 spiro atoms. The van der Waals surface area contributed by atoms with Gasteiger partial charge in [-0.25, -0.2) is 0 Å². The molecule has 7 heteroatoms. The van der Waals surface area contributed by atoms with Crippen LogP contribution in [0.5, 0.6) is 0 Å². The number of anilines is 2. The minimum Gasteiger partial charge on any atom is -0.325 e. The number of carbonyl (C=O) groups is 2. The minimum absolute atomic E-state index is 0.109. The van der Waals surface area contributed by atoms with Crippen LogP contribution in [0.4, 0.5) is 17.1 Å². The van der Waals surface area contributed by atoms with Gasteiger partial charge in [0.2, 0.25) is 5.91 Å². The molecule has 0 aliphatic carbocycles. The topological polar surface area (TPSA) is 101 Å². The Balaban J connectivity index is 1.48. The molecule has 0 saturated heterocycles. The van der Waals surface area contributed by atoms with Crippen molar-refractivity contribution >= 4 is 28.9 Å². The summed E-state index contributed by atoms with van der Waals surface area (Å²) in [4.78, 5) is 36.2. The smallest absolute Gasteiger partial charge is 0.271 e. The van der Waals surface area contributed by atoms with Gasteiger partial charge in [0.25, 0.3) is 11.6 Å². The Morgan fingerprint density at radius 2 is 1.26 bits per heavy atom. The molecule has 0 unspecified atom stereocenters. The minimum atomic E-state index is -0.523. The zero-order valence-corrected chi connectivity index (χ0v) is 18.0. The van der Waals surface area contributed by atoms with Crippen LogP contribution in [0.25, 0.3) is 0 Å². The van der Waals surface area contributed by atoms with Crippen LogP contribution in [0.2, 0.25) is 0 Å². The molecule has 0 aliphatic rings. The molecule has 7 nitrogen and oxygen atoms in total. The lowest BCUT2D eigenvalue weighted by molar-refractivity contribution is -0.384. The highest BCUT2D eigenvalue weighted by Crippen LogP contribution is 2.26. The highest BCUT2D eigenvalue weighted by molar-refractivity contribution is 6.05. The Labute approximate surface area is 196 Å². The summed E-state index contributed by atoms with van der Waals surface area (Å²) in [5, 5.41) is 16.5. The Bertz CT molecular complexity index is 1270.